The molecule has 1 aromatic heterocycles. The molecule has 0 aliphatic heterocycles. The van der Waals surface area contributed by atoms with Crippen molar-refractivity contribution in [2.75, 3.05) is 0 Å². The van der Waals surface area contributed by atoms with E-state index in [1.807, 2.05) is 36.4 Å². The first-order valence-electron chi connectivity index (χ1n) is 6.76. The molecule has 1 aromatic carbocycles. The largest absolute Gasteiger partial charge is 0.467 e. The Balaban J connectivity index is 1.95. The number of hydrogen-bond acceptors (Lipinski definition) is 5. The predicted molar refractivity (Wildman–Crippen MR) is 77.4 cm³/mol. The second-order valence-electron chi connectivity index (χ2n) is 4.63. The van der Waals surface area contributed by atoms with E-state index in [0.717, 1.165) is 5.56 Å². The van der Waals surface area contributed by atoms with Crippen LogP contribution in [0.1, 0.15) is 23.8 Å². The highest BCUT2D eigenvalue weighted by Crippen LogP contribution is 2.19. The summed E-state index contributed by atoms with van der Waals surface area (Å²) in [5.74, 6) is 0.361. The van der Waals surface area contributed by atoms with Crippen molar-refractivity contribution >= 4 is 6.09 Å². The number of ether oxygens (including phenoxy) is 1. The van der Waals surface area contributed by atoms with Crippen molar-refractivity contribution in [3.8, 4) is 6.07 Å². The van der Waals surface area contributed by atoms with E-state index in [4.69, 9.17) is 14.4 Å². The number of carbonyl (C=O) groups excluding carboxylic acids is 1. The molecule has 0 unspecified atom stereocenters. The van der Waals surface area contributed by atoms with Crippen LogP contribution < -0.4 is 5.32 Å². The summed E-state index contributed by atoms with van der Waals surface area (Å²) in [6.45, 7) is 0.117. The Morgan fingerprint density at radius 1 is 1.32 bits per heavy atom. The molecular formula is C16H16N2O4. The zero-order valence-electron chi connectivity index (χ0n) is 11.8. The number of furan rings is 1. The number of nitrogens with zero attached hydrogens (tertiary/aromatic N) is 1. The number of amides is 1. The van der Waals surface area contributed by atoms with E-state index in [-0.39, 0.29) is 13.0 Å². The molecule has 0 spiro atoms. The highest BCUT2D eigenvalue weighted by molar-refractivity contribution is 5.67. The van der Waals surface area contributed by atoms with Crippen LogP contribution in [-0.2, 0) is 11.3 Å². The SMILES string of the molecule is N#CC[C@H](O)[C@@H](NC(=O)OCc1ccccc1)c1ccco1. The van der Waals surface area contributed by atoms with E-state index < -0.39 is 18.2 Å². The fourth-order valence-electron chi connectivity index (χ4n) is 1.93. The predicted octanol–water partition coefficient (Wildman–Crippen LogP) is 2.52. The van der Waals surface area contributed by atoms with Gasteiger partial charge in [0.2, 0.25) is 0 Å². The normalized spacial score (nSPS) is 12.9. The van der Waals surface area contributed by atoms with Crippen LogP contribution >= 0.6 is 0 Å². The Morgan fingerprint density at radius 3 is 2.73 bits per heavy atom. The molecule has 6 heteroatoms. The van der Waals surface area contributed by atoms with Gasteiger partial charge in [-0.1, -0.05) is 30.3 Å². The average Bonchev–Trinajstić information content (AvgIpc) is 3.06. The molecule has 2 N–H and O–H groups in total. The molecule has 2 aromatic rings. The minimum Gasteiger partial charge on any atom is -0.467 e. The molecular weight excluding hydrogens is 284 g/mol. The average molecular weight is 300 g/mol. The summed E-state index contributed by atoms with van der Waals surface area (Å²) in [5.41, 5.74) is 0.852. The van der Waals surface area contributed by atoms with Crippen LogP contribution in [0.5, 0.6) is 0 Å². The van der Waals surface area contributed by atoms with Crippen molar-refractivity contribution in [3.63, 3.8) is 0 Å². The van der Waals surface area contributed by atoms with Crippen LogP contribution in [0.15, 0.2) is 53.1 Å². The molecule has 22 heavy (non-hydrogen) atoms. The van der Waals surface area contributed by atoms with Crippen molar-refractivity contribution in [2.24, 2.45) is 0 Å². The van der Waals surface area contributed by atoms with Gasteiger partial charge >= 0.3 is 6.09 Å². The number of hydrogen-bond donors (Lipinski definition) is 2. The lowest BCUT2D eigenvalue weighted by Crippen LogP contribution is -2.36. The van der Waals surface area contributed by atoms with Crippen LogP contribution in [0.3, 0.4) is 0 Å². The Kier molecular flexibility index (Phi) is 5.57. The molecule has 0 bridgehead atoms. The zero-order chi connectivity index (χ0) is 15.8. The third kappa shape index (κ3) is 4.36. The van der Waals surface area contributed by atoms with E-state index in [1.54, 1.807) is 12.1 Å². The first kappa shape index (κ1) is 15.6. The summed E-state index contributed by atoms with van der Waals surface area (Å²) in [4.78, 5) is 11.9. The molecule has 0 saturated carbocycles. The van der Waals surface area contributed by atoms with Crippen molar-refractivity contribution in [3.05, 3.63) is 60.1 Å². The highest BCUT2D eigenvalue weighted by Gasteiger charge is 2.26. The number of nitrogens with one attached hydrogen (secondary N) is 1. The van der Waals surface area contributed by atoms with Crippen LogP contribution in [0, 0.1) is 11.3 Å². The molecule has 0 aliphatic carbocycles. The number of aliphatic hydroxyl groups is 1. The van der Waals surface area contributed by atoms with E-state index in [9.17, 15) is 9.90 Å². The molecule has 1 amide bonds. The van der Waals surface area contributed by atoms with Crippen LogP contribution in [0.25, 0.3) is 0 Å². The van der Waals surface area contributed by atoms with E-state index in [1.165, 1.54) is 6.26 Å². The van der Waals surface area contributed by atoms with Crippen LogP contribution in [0.4, 0.5) is 4.79 Å². The molecule has 114 valence electrons. The van der Waals surface area contributed by atoms with E-state index >= 15 is 0 Å². The van der Waals surface area contributed by atoms with Gasteiger partial charge in [0, 0.05) is 0 Å². The smallest absolute Gasteiger partial charge is 0.408 e. The van der Waals surface area contributed by atoms with Gasteiger partial charge in [0.1, 0.15) is 18.4 Å². The minimum absolute atomic E-state index is 0.117. The van der Waals surface area contributed by atoms with Gasteiger partial charge in [0.05, 0.1) is 24.9 Å². The summed E-state index contributed by atoms with van der Waals surface area (Å²) in [6, 6.07) is 13.5. The summed E-state index contributed by atoms with van der Waals surface area (Å²) < 4.78 is 10.3. The van der Waals surface area contributed by atoms with Crippen molar-refractivity contribution in [1.29, 1.82) is 5.26 Å². The van der Waals surface area contributed by atoms with Gasteiger partial charge in [0.25, 0.3) is 0 Å². The van der Waals surface area contributed by atoms with Gasteiger partial charge in [-0.15, -0.1) is 0 Å². The summed E-state index contributed by atoms with van der Waals surface area (Å²) in [6.07, 6.45) is -0.481. The first-order valence-corrected chi connectivity index (χ1v) is 6.76. The van der Waals surface area contributed by atoms with Crippen molar-refractivity contribution in [2.45, 2.75) is 25.2 Å². The summed E-state index contributed by atoms with van der Waals surface area (Å²) in [7, 11) is 0. The molecule has 1 heterocycles. The van der Waals surface area contributed by atoms with Gasteiger partial charge in [-0.3, -0.25) is 0 Å². The number of carbonyl (C=O) groups is 1. The number of nitriles is 1. The third-order valence-corrected chi connectivity index (χ3v) is 3.02. The molecule has 2 rings (SSSR count). The number of benzene rings is 1. The summed E-state index contributed by atoms with van der Waals surface area (Å²) in [5, 5.41) is 21.2. The van der Waals surface area contributed by atoms with Gasteiger partial charge in [-0.2, -0.15) is 5.26 Å². The topological polar surface area (TPSA) is 95.5 Å². The maximum absolute atomic E-state index is 11.9. The zero-order valence-corrected chi connectivity index (χ0v) is 11.8. The molecule has 0 saturated heterocycles. The lowest BCUT2D eigenvalue weighted by Gasteiger charge is -2.20. The monoisotopic (exact) mass is 300 g/mol. The Hall–Kier alpha value is -2.78. The fraction of sp³-hybridized carbons (Fsp3) is 0.250. The standard InChI is InChI=1S/C16H16N2O4/c17-9-8-13(19)15(14-7-4-10-21-14)18-16(20)22-11-12-5-2-1-3-6-12/h1-7,10,13,15,19H,8,11H2,(H,18,20)/t13-,15+/m0/s1. The molecule has 0 fully saturated rings. The minimum atomic E-state index is -1.08. The Bertz CT molecular complexity index is 619. The quantitative estimate of drug-likeness (QED) is 0.854. The van der Waals surface area contributed by atoms with Gasteiger partial charge in [0.15, 0.2) is 0 Å². The van der Waals surface area contributed by atoms with Gasteiger partial charge in [-0.05, 0) is 17.7 Å². The maximum atomic E-state index is 11.9. The van der Waals surface area contributed by atoms with Gasteiger partial charge < -0.3 is 19.6 Å². The fourth-order valence-corrected chi connectivity index (χ4v) is 1.93. The third-order valence-electron chi connectivity index (χ3n) is 3.02. The van der Waals surface area contributed by atoms with E-state index in [0.29, 0.717) is 5.76 Å². The van der Waals surface area contributed by atoms with Gasteiger partial charge in [-0.25, -0.2) is 4.79 Å². The molecule has 6 nitrogen and oxygen atoms in total. The lowest BCUT2D eigenvalue weighted by molar-refractivity contribution is 0.0965. The van der Waals surface area contributed by atoms with Crippen LogP contribution in [0.2, 0.25) is 0 Å². The number of rotatable bonds is 6. The second kappa shape index (κ2) is 7.86. The number of alkyl carbamates (subject to hydrolysis) is 1. The Labute approximate surface area is 127 Å². The van der Waals surface area contributed by atoms with Crippen molar-refractivity contribution in [1.82, 2.24) is 5.32 Å². The molecule has 0 aliphatic rings. The maximum Gasteiger partial charge on any atom is 0.408 e. The van der Waals surface area contributed by atoms with E-state index in [2.05, 4.69) is 5.32 Å². The van der Waals surface area contributed by atoms with Crippen LogP contribution in [-0.4, -0.2) is 17.3 Å². The number of aliphatic hydroxyl groups excluding tert-OH is 1. The lowest BCUT2D eigenvalue weighted by atomic mass is 10.1. The summed E-state index contributed by atoms with van der Waals surface area (Å²) >= 11 is 0. The first-order chi connectivity index (χ1) is 10.7. The second-order valence-corrected chi connectivity index (χ2v) is 4.63. The molecule has 0 radical (unpaired) electrons. The van der Waals surface area contributed by atoms with Crippen molar-refractivity contribution < 1.29 is 19.1 Å². The molecule has 2 atom stereocenters. The highest BCUT2D eigenvalue weighted by atomic mass is 16.5. The Morgan fingerprint density at radius 2 is 2.09 bits per heavy atom.